The molecule has 6 heteroatoms. The topological polar surface area (TPSA) is 50.7 Å². The molecule has 0 aliphatic carbocycles. The monoisotopic (exact) mass is 240 g/mol. The molecule has 4 nitrogen and oxygen atoms in total. The van der Waals surface area contributed by atoms with Crippen LogP contribution in [0.1, 0.15) is 18.9 Å². The summed E-state index contributed by atoms with van der Waals surface area (Å²) in [5.74, 6) is 0. The standard InChI is InChI=1S/C9H12N4S2/c1-6(2)11-4-8-12-13-9(15-8)7-3-10-5-14-7/h3,5-6,11H,4H2,1-2H3. The lowest BCUT2D eigenvalue weighted by atomic mass is 10.4. The molecule has 15 heavy (non-hydrogen) atoms. The molecular formula is C9H12N4S2. The van der Waals surface area contributed by atoms with Gasteiger partial charge in [-0.05, 0) is 0 Å². The zero-order valence-electron chi connectivity index (χ0n) is 8.60. The molecule has 0 aromatic carbocycles. The Morgan fingerprint density at radius 1 is 1.40 bits per heavy atom. The molecule has 0 bridgehead atoms. The van der Waals surface area contributed by atoms with Crippen molar-refractivity contribution in [2.24, 2.45) is 0 Å². The number of hydrogen-bond donors (Lipinski definition) is 1. The van der Waals surface area contributed by atoms with Crippen molar-refractivity contribution in [1.29, 1.82) is 0 Å². The van der Waals surface area contributed by atoms with Crippen LogP contribution in [0.4, 0.5) is 0 Å². The van der Waals surface area contributed by atoms with Crippen molar-refractivity contribution in [2.45, 2.75) is 26.4 Å². The Hall–Kier alpha value is -0.850. The molecular weight excluding hydrogens is 228 g/mol. The summed E-state index contributed by atoms with van der Waals surface area (Å²) in [5, 5.41) is 13.6. The third kappa shape index (κ3) is 2.80. The zero-order valence-corrected chi connectivity index (χ0v) is 10.2. The first-order valence-corrected chi connectivity index (χ1v) is 6.40. The third-order valence-electron chi connectivity index (χ3n) is 1.77. The average molecular weight is 240 g/mol. The Bertz CT molecular complexity index is 407. The maximum absolute atomic E-state index is 4.14. The van der Waals surface area contributed by atoms with Crippen molar-refractivity contribution in [2.75, 3.05) is 0 Å². The van der Waals surface area contributed by atoms with Gasteiger partial charge in [-0.25, -0.2) is 0 Å². The van der Waals surface area contributed by atoms with Crippen LogP contribution in [0, 0.1) is 0 Å². The SMILES string of the molecule is CC(C)NCc1nnc(-c2cncs2)s1. The number of hydrogen-bond acceptors (Lipinski definition) is 6. The molecule has 2 aromatic heterocycles. The Labute approximate surface area is 96.4 Å². The molecule has 2 rings (SSSR count). The quantitative estimate of drug-likeness (QED) is 0.889. The van der Waals surface area contributed by atoms with Gasteiger partial charge in [0.05, 0.1) is 10.4 Å². The minimum absolute atomic E-state index is 0.473. The fourth-order valence-electron chi connectivity index (χ4n) is 1.04. The van der Waals surface area contributed by atoms with Gasteiger partial charge >= 0.3 is 0 Å². The molecule has 0 amide bonds. The van der Waals surface area contributed by atoms with Crippen molar-refractivity contribution in [3.8, 4) is 9.88 Å². The van der Waals surface area contributed by atoms with Gasteiger partial charge in [-0.15, -0.1) is 21.5 Å². The van der Waals surface area contributed by atoms with E-state index in [-0.39, 0.29) is 0 Å². The van der Waals surface area contributed by atoms with Gasteiger partial charge in [0.2, 0.25) is 0 Å². The van der Waals surface area contributed by atoms with Gasteiger partial charge in [-0.2, -0.15) is 0 Å². The summed E-state index contributed by atoms with van der Waals surface area (Å²) in [6, 6.07) is 0.473. The first kappa shape index (κ1) is 10.7. The van der Waals surface area contributed by atoms with E-state index in [1.807, 2.05) is 11.7 Å². The molecule has 0 atom stereocenters. The molecule has 80 valence electrons. The second kappa shape index (κ2) is 4.78. The molecule has 0 saturated heterocycles. The van der Waals surface area contributed by atoms with E-state index in [1.165, 1.54) is 0 Å². The molecule has 2 aromatic rings. The largest absolute Gasteiger partial charge is 0.308 e. The van der Waals surface area contributed by atoms with E-state index in [0.29, 0.717) is 6.04 Å². The van der Waals surface area contributed by atoms with Gasteiger partial charge in [-0.1, -0.05) is 25.2 Å². The number of nitrogens with one attached hydrogen (secondary N) is 1. The lowest BCUT2D eigenvalue weighted by Gasteiger charge is -2.03. The van der Waals surface area contributed by atoms with E-state index in [0.717, 1.165) is 21.4 Å². The van der Waals surface area contributed by atoms with Crippen LogP contribution in [0.25, 0.3) is 9.88 Å². The highest BCUT2D eigenvalue weighted by molar-refractivity contribution is 7.20. The normalized spacial score (nSPS) is 11.1. The van der Waals surface area contributed by atoms with Crippen LogP contribution < -0.4 is 5.32 Å². The minimum Gasteiger partial charge on any atom is -0.308 e. The van der Waals surface area contributed by atoms with Gasteiger partial charge in [-0.3, -0.25) is 4.98 Å². The van der Waals surface area contributed by atoms with E-state index in [4.69, 9.17) is 0 Å². The maximum Gasteiger partial charge on any atom is 0.159 e. The maximum atomic E-state index is 4.14. The van der Waals surface area contributed by atoms with E-state index in [1.54, 1.807) is 22.7 Å². The van der Waals surface area contributed by atoms with E-state index in [2.05, 4.69) is 34.3 Å². The molecule has 0 aliphatic rings. The van der Waals surface area contributed by atoms with Gasteiger partial charge < -0.3 is 5.32 Å². The summed E-state index contributed by atoms with van der Waals surface area (Å²) in [6.07, 6.45) is 1.82. The highest BCUT2D eigenvalue weighted by Gasteiger charge is 2.07. The van der Waals surface area contributed by atoms with Gasteiger partial charge in [0, 0.05) is 18.8 Å². The molecule has 1 N–H and O–H groups in total. The van der Waals surface area contributed by atoms with Gasteiger partial charge in [0.15, 0.2) is 5.01 Å². The van der Waals surface area contributed by atoms with Crippen molar-refractivity contribution in [3.63, 3.8) is 0 Å². The summed E-state index contributed by atoms with van der Waals surface area (Å²) < 4.78 is 0. The summed E-state index contributed by atoms with van der Waals surface area (Å²) in [5.41, 5.74) is 1.81. The molecule has 0 fully saturated rings. The van der Waals surface area contributed by atoms with Crippen molar-refractivity contribution >= 4 is 22.7 Å². The van der Waals surface area contributed by atoms with Crippen LogP contribution in [0.3, 0.4) is 0 Å². The van der Waals surface area contributed by atoms with Gasteiger partial charge in [0.1, 0.15) is 5.01 Å². The first-order valence-electron chi connectivity index (χ1n) is 4.70. The molecule has 0 unspecified atom stereocenters. The van der Waals surface area contributed by atoms with Crippen LogP contribution in [-0.2, 0) is 6.54 Å². The summed E-state index contributed by atoms with van der Waals surface area (Å²) in [7, 11) is 0. The smallest absolute Gasteiger partial charge is 0.159 e. The van der Waals surface area contributed by atoms with Crippen LogP contribution >= 0.6 is 22.7 Å². The van der Waals surface area contributed by atoms with E-state index >= 15 is 0 Å². The highest BCUT2D eigenvalue weighted by Crippen LogP contribution is 2.26. The van der Waals surface area contributed by atoms with Crippen molar-refractivity contribution < 1.29 is 0 Å². The summed E-state index contributed by atoms with van der Waals surface area (Å²) in [4.78, 5) is 5.11. The predicted octanol–water partition coefficient (Wildman–Crippen LogP) is 2.16. The Balaban J connectivity index is 2.04. The summed E-state index contributed by atoms with van der Waals surface area (Å²) in [6.45, 7) is 5.02. The van der Waals surface area contributed by atoms with Crippen LogP contribution in [0.15, 0.2) is 11.7 Å². The number of nitrogens with zero attached hydrogens (tertiary/aromatic N) is 3. The summed E-state index contributed by atoms with van der Waals surface area (Å²) >= 11 is 3.21. The van der Waals surface area contributed by atoms with Crippen molar-refractivity contribution in [1.82, 2.24) is 20.5 Å². The highest BCUT2D eigenvalue weighted by atomic mass is 32.1. The Morgan fingerprint density at radius 2 is 2.27 bits per heavy atom. The number of aromatic nitrogens is 3. The van der Waals surface area contributed by atoms with Crippen LogP contribution in [-0.4, -0.2) is 21.2 Å². The third-order valence-corrected chi connectivity index (χ3v) is 3.64. The second-order valence-corrected chi connectivity index (χ2v) is 5.35. The minimum atomic E-state index is 0.473. The van der Waals surface area contributed by atoms with Crippen LogP contribution in [0.5, 0.6) is 0 Å². The zero-order chi connectivity index (χ0) is 10.7. The first-order chi connectivity index (χ1) is 7.25. The van der Waals surface area contributed by atoms with Gasteiger partial charge in [0.25, 0.3) is 0 Å². The molecule has 0 aliphatic heterocycles. The number of rotatable bonds is 4. The van der Waals surface area contributed by atoms with Crippen LogP contribution in [0.2, 0.25) is 0 Å². The second-order valence-electron chi connectivity index (χ2n) is 3.40. The van der Waals surface area contributed by atoms with E-state index < -0.39 is 0 Å². The van der Waals surface area contributed by atoms with E-state index in [9.17, 15) is 0 Å². The average Bonchev–Trinajstić information content (AvgIpc) is 2.85. The van der Waals surface area contributed by atoms with Crippen molar-refractivity contribution in [3.05, 3.63) is 16.7 Å². The number of thiazole rings is 1. The molecule has 0 radical (unpaired) electrons. The lowest BCUT2D eigenvalue weighted by molar-refractivity contribution is 0.585. The fraction of sp³-hybridized carbons (Fsp3) is 0.444. The fourth-order valence-corrected chi connectivity index (χ4v) is 2.50. The molecule has 0 spiro atoms. The molecule has 0 saturated carbocycles. The predicted molar refractivity (Wildman–Crippen MR) is 63.0 cm³/mol. The molecule has 2 heterocycles. The Morgan fingerprint density at radius 3 is 2.93 bits per heavy atom. The Kier molecular flexibility index (Phi) is 3.40. The lowest BCUT2D eigenvalue weighted by Crippen LogP contribution is -2.21.